The highest BCUT2D eigenvalue weighted by atomic mass is 16.5. The monoisotopic (exact) mass is 372 g/mol. The molecule has 154 valence electrons. The summed E-state index contributed by atoms with van der Waals surface area (Å²) in [6.07, 6.45) is 19.8. The molecule has 2 unspecified atom stereocenters. The molecule has 0 radical (unpaired) electrons. The third-order valence-electron chi connectivity index (χ3n) is 6.37. The van der Waals surface area contributed by atoms with Crippen molar-refractivity contribution in [3.63, 3.8) is 0 Å². The Balaban J connectivity index is 1.63. The van der Waals surface area contributed by atoms with Gasteiger partial charge in [-0.1, -0.05) is 108 Å². The fourth-order valence-corrected chi connectivity index (χ4v) is 4.37. The van der Waals surface area contributed by atoms with Gasteiger partial charge >= 0.3 is 0 Å². The Kier molecular flexibility index (Phi) is 11.8. The summed E-state index contributed by atoms with van der Waals surface area (Å²) in [6, 6.07) is 10.7. The molecule has 0 heterocycles. The topological polar surface area (TPSA) is 9.23 Å². The SMILES string of the molecule is CCCCCCCC(CCCCCC(CC)C1CC1)OCc1ccccc1. The van der Waals surface area contributed by atoms with Crippen LogP contribution in [0.5, 0.6) is 0 Å². The number of hydrogen-bond acceptors (Lipinski definition) is 1. The minimum absolute atomic E-state index is 0.456. The first kappa shape index (κ1) is 22.5. The van der Waals surface area contributed by atoms with Crippen LogP contribution in [0.3, 0.4) is 0 Å². The molecule has 1 aromatic rings. The molecule has 2 rings (SSSR count). The maximum Gasteiger partial charge on any atom is 0.0720 e. The smallest absolute Gasteiger partial charge is 0.0720 e. The van der Waals surface area contributed by atoms with Crippen molar-refractivity contribution in [3.8, 4) is 0 Å². The van der Waals surface area contributed by atoms with E-state index >= 15 is 0 Å². The van der Waals surface area contributed by atoms with Crippen molar-refractivity contribution in [3.05, 3.63) is 35.9 Å². The Morgan fingerprint density at radius 2 is 1.44 bits per heavy atom. The van der Waals surface area contributed by atoms with Gasteiger partial charge in [-0.3, -0.25) is 0 Å². The third kappa shape index (κ3) is 10.3. The van der Waals surface area contributed by atoms with E-state index in [1.165, 1.54) is 95.5 Å². The lowest BCUT2D eigenvalue weighted by atomic mass is 9.93. The molecule has 2 atom stereocenters. The molecule has 0 spiro atoms. The Bertz CT molecular complexity index is 451. The zero-order chi connectivity index (χ0) is 19.2. The highest BCUT2D eigenvalue weighted by molar-refractivity contribution is 5.13. The predicted molar refractivity (Wildman–Crippen MR) is 118 cm³/mol. The van der Waals surface area contributed by atoms with Crippen LogP contribution < -0.4 is 0 Å². The van der Waals surface area contributed by atoms with Crippen LogP contribution in [0.4, 0.5) is 0 Å². The number of ether oxygens (including phenoxy) is 1. The van der Waals surface area contributed by atoms with E-state index in [0.717, 1.165) is 18.4 Å². The number of hydrogen-bond donors (Lipinski definition) is 0. The van der Waals surface area contributed by atoms with Crippen molar-refractivity contribution in [2.75, 3.05) is 0 Å². The van der Waals surface area contributed by atoms with E-state index in [9.17, 15) is 0 Å². The normalized spacial score (nSPS) is 16.4. The van der Waals surface area contributed by atoms with Crippen molar-refractivity contribution in [1.29, 1.82) is 0 Å². The van der Waals surface area contributed by atoms with Crippen LogP contribution in [0, 0.1) is 11.8 Å². The predicted octanol–water partition coefficient (Wildman–Crippen LogP) is 8.32. The van der Waals surface area contributed by atoms with Crippen molar-refractivity contribution in [2.24, 2.45) is 11.8 Å². The van der Waals surface area contributed by atoms with Gasteiger partial charge in [0, 0.05) is 0 Å². The molecule has 0 aliphatic heterocycles. The Labute approximate surface area is 169 Å². The number of unbranched alkanes of at least 4 members (excludes halogenated alkanes) is 6. The van der Waals surface area contributed by atoms with Gasteiger partial charge in [0.2, 0.25) is 0 Å². The van der Waals surface area contributed by atoms with Crippen LogP contribution in [0.15, 0.2) is 30.3 Å². The van der Waals surface area contributed by atoms with E-state index in [0.29, 0.717) is 6.10 Å². The third-order valence-corrected chi connectivity index (χ3v) is 6.37. The van der Waals surface area contributed by atoms with E-state index < -0.39 is 0 Å². The van der Waals surface area contributed by atoms with E-state index in [-0.39, 0.29) is 0 Å². The summed E-state index contributed by atoms with van der Waals surface area (Å²) in [4.78, 5) is 0. The largest absolute Gasteiger partial charge is 0.374 e. The molecule has 1 aromatic carbocycles. The summed E-state index contributed by atoms with van der Waals surface area (Å²) in [5.41, 5.74) is 1.31. The lowest BCUT2D eigenvalue weighted by Crippen LogP contribution is -2.13. The molecule has 27 heavy (non-hydrogen) atoms. The fourth-order valence-electron chi connectivity index (χ4n) is 4.37. The molecular formula is C26H44O. The lowest BCUT2D eigenvalue weighted by Gasteiger charge is -2.19. The Morgan fingerprint density at radius 3 is 2.07 bits per heavy atom. The van der Waals surface area contributed by atoms with Gasteiger partial charge in [-0.2, -0.15) is 0 Å². The van der Waals surface area contributed by atoms with Gasteiger partial charge in [0.25, 0.3) is 0 Å². The van der Waals surface area contributed by atoms with Crippen LogP contribution >= 0.6 is 0 Å². The van der Waals surface area contributed by atoms with E-state index in [1.54, 1.807) is 0 Å². The van der Waals surface area contributed by atoms with E-state index in [2.05, 4.69) is 44.2 Å². The van der Waals surface area contributed by atoms with Gasteiger partial charge in [-0.25, -0.2) is 0 Å². The van der Waals surface area contributed by atoms with E-state index in [4.69, 9.17) is 4.74 Å². The molecule has 1 heteroatoms. The molecule has 1 nitrogen and oxygen atoms in total. The molecule has 0 bridgehead atoms. The van der Waals surface area contributed by atoms with Crippen LogP contribution in [0.2, 0.25) is 0 Å². The molecule has 0 aromatic heterocycles. The Morgan fingerprint density at radius 1 is 0.815 bits per heavy atom. The summed E-state index contributed by atoms with van der Waals surface area (Å²) < 4.78 is 6.33. The molecular weight excluding hydrogens is 328 g/mol. The summed E-state index contributed by atoms with van der Waals surface area (Å²) in [5, 5.41) is 0. The quantitative estimate of drug-likeness (QED) is 0.250. The number of rotatable bonds is 17. The average molecular weight is 373 g/mol. The van der Waals surface area contributed by atoms with E-state index in [1.807, 2.05) is 0 Å². The minimum atomic E-state index is 0.456. The van der Waals surface area contributed by atoms with Crippen LogP contribution in [-0.2, 0) is 11.3 Å². The van der Waals surface area contributed by atoms with Crippen LogP contribution in [0.25, 0.3) is 0 Å². The zero-order valence-electron chi connectivity index (χ0n) is 18.1. The van der Waals surface area contributed by atoms with Crippen molar-refractivity contribution < 1.29 is 4.74 Å². The maximum absolute atomic E-state index is 6.33. The van der Waals surface area contributed by atoms with Gasteiger partial charge in [0.05, 0.1) is 12.7 Å². The molecule has 1 saturated carbocycles. The molecule has 0 N–H and O–H groups in total. The fraction of sp³-hybridized carbons (Fsp3) is 0.769. The first-order valence-corrected chi connectivity index (χ1v) is 12.0. The van der Waals surface area contributed by atoms with Crippen LogP contribution in [-0.4, -0.2) is 6.10 Å². The minimum Gasteiger partial charge on any atom is -0.374 e. The van der Waals surface area contributed by atoms with Gasteiger partial charge in [0.15, 0.2) is 0 Å². The molecule has 0 amide bonds. The van der Waals surface area contributed by atoms with Gasteiger partial charge in [-0.05, 0) is 43.1 Å². The van der Waals surface area contributed by atoms with Crippen molar-refractivity contribution in [2.45, 2.75) is 116 Å². The second kappa shape index (κ2) is 14.2. The first-order valence-electron chi connectivity index (χ1n) is 12.0. The molecule has 1 fully saturated rings. The average Bonchev–Trinajstić information content (AvgIpc) is 3.54. The van der Waals surface area contributed by atoms with Gasteiger partial charge < -0.3 is 4.74 Å². The lowest BCUT2D eigenvalue weighted by molar-refractivity contribution is 0.0260. The summed E-state index contributed by atoms with van der Waals surface area (Å²) in [6.45, 7) is 5.45. The van der Waals surface area contributed by atoms with Crippen molar-refractivity contribution in [1.82, 2.24) is 0 Å². The number of benzene rings is 1. The first-order chi connectivity index (χ1) is 13.3. The summed E-state index contributed by atoms with van der Waals surface area (Å²) in [5.74, 6) is 2.11. The zero-order valence-corrected chi connectivity index (χ0v) is 18.1. The second-order valence-corrected chi connectivity index (χ2v) is 8.77. The summed E-state index contributed by atoms with van der Waals surface area (Å²) >= 11 is 0. The molecule has 0 saturated heterocycles. The molecule has 1 aliphatic carbocycles. The van der Waals surface area contributed by atoms with Gasteiger partial charge in [0.1, 0.15) is 0 Å². The molecule has 1 aliphatic rings. The highest BCUT2D eigenvalue weighted by Gasteiger charge is 2.29. The Hall–Kier alpha value is -0.820. The maximum atomic E-state index is 6.33. The standard InChI is InChI=1S/C26H44O/c1-3-5-6-7-13-18-26(27-22-23-15-10-8-11-16-23)19-14-9-12-17-24(4-2)25-20-21-25/h8,10-11,15-16,24-26H,3-7,9,12-14,17-22H2,1-2H3. The summed E-state index contributed by atoms with van der Waals surface area (Å²) in [7, 11) is 0. The second-order valence-electron chi connectivity index (χ2n) is 8.77. The van der Waals surface area contributed by atoms with Crippen molar-refractivity contribution >= 4 is 0 Å². The highest BCUT2D eigenvalue weighted by Crippen LogP contribution is 2.40. The van der Waals surface area contributed by atoms with Gasteiger partial charge in [-0.15, -0.1) is 0 Å². The van der Waals surface area contributed by atoms with Crippen LogP contribution in [0.1, 0.15) is 109 Å².